The molecule has 25 heavy (non-hydrogen) atoms. The average Bonchev–Trinajstić information content (AvgIpc) is 2.83. The van der Waals surface area contributed by atoms with Gasteiger partial charge in [0, 0.05) is 12.0 Å². The lowest BCUT2D eigenvalue weighted by Gasteiger charge is -2.23. The van der Waals surface area contributed by atoms with Crippen LogP contribution < -0.4 is 0 Å². The zero-order valence-electron chi connectivity index (χ0n) is 14.5. The molecule has 0 saturated carbocycles. The van der Waals surface area contributed by atoms with E-state index in [4.69, 9.17) is 14.3 Å². The average molecular weight is 347 g/mol. The molecular weight excluding hydrogens is 326 g/mol. The summed E-state index contributed by atoms with van der Waals surface area (Å²) in [5.74, 6) is -1.28. The minimum atomic E-state index is -1.36. The third-order valence-corrected chi connectivity index (χ3v) is 3.24. The number of hydrogen-bond acceptors (Lipinski definition) is 6. The van der Waals surface area contributed by atoms with Crippen LogP contribution in [-0.4, -0.2) is 28.7 Å². The first-order valence-corrected chi connectivity index (χ1v) is 7.84. The largest absolute Gasteiger partial charge is 0.510 e. The highest BCUT2D eigenvalue weighted by Crippen LogP contribution is 2.26. The van der Waals surface area contributed by atoms with E-state index in [1.807, 2.05) is 0 Å². The standard InChI is InChI=1S/C18H21NO6/c1-12-10-11-14(20)19(12)25-16(21)15(13-8-6-5-7-9-13)23-17(22)24-18(2,3)4/h5-9,15H,1,10-11H2,2-4H3/t15-/m1/s1. The molecule has 0 radical (unpaired) electrons. The van der Waals surface area contributed by atoms with Crippen LogP contribution in [0.4, 0.5) is 4.79 Å². The number of carbonyl (C=O) groups excluding carboxylic acids is 3. The fraction of sp³-hybridized carbons (Fsp3) is 0.389. The Morgan fingerprint density at radius 3 is 2.32 bits per heavy atom. The van der Waals surface area contributed by atoms with Crippen LogP contribution >= 0.6 is 0 Å². The molecule has 1 aliphatic heterocycles. The van der Waals surface area contributed by atoms with Crippen molar-refractivity contribution >= 4 is 18.0 Å². The van der Waals surface area contributed by atoms with Gasteiger partial charge in [0.15, 0.2) is 0 Å². The first kappa shape index (κ1) is 18.5. The van der Waals surface area contributed by atoms with Crippen molar-refractivity contribution < 1.29 is 28.7 Å². The molecule has 1 atom stereocenters. The maximum absolute atomic E-state index is 12.5. The number of nitrogens with zero attached hydrogens (tertiary/aromatic N) is 1. The first-order valence-electron chi connectivity index (χ1n) is 7.84. The molecule has 1 saturated heterocycles. The molecule has 0 bridgehead atoms. The highest BCUT2D eigenvalue weighted by atomic mass is 16.8. The molecule has 0 aromatic heterocycles. The van der Waals surface area contributed by atoms with Gasteiger partial charge >= 0.3 is 12.1 Å². The molecule has 0 N–H and O–H groups in total. The second-order valence-electron chi connectivity index (χ2n) is 6.54. The Kier molecular flexibility index (Phi) is 5.46. The number of amides is 1. The van der Waals surface area contributed by atoms with Crippen molar-refractivity contribution in [1.82, 2.24) is 5.06 Å². The quantitative estimate of drug-likeness (QED) is 0.778. The Hall–Kier alpha value is -2.83. The summed E-state index contributed by atoms with van der Waals surface area (Å²) < 4.78 is 10.2. The fourth-order valence-electron chi connectivity index (χ4n) is 2.13. The van der Waals surface area contributed by atoms with Gasteiger partial charge in [-0.1, -0.05) is 36.9 Å². The van der Waals surface area contributed by atoms with E-state index in [2.05, 4.69) is 6.58 Å². The van der Waals surface area contributed by atoms with Gasteiger partial charge in [0.1, 0.15) is 5.60 Å². The van der Waals surface area contributed by atoms with Gasteiger partial charge in [-0.2, -0.15) is 0 Å². The molecule has 0 spiro atoms. The molecule has 7 heteroatoms. The maximum Gasteiger partial charge on any atom is 0.510 e. The summed E-state index contributed by atoms with van der Waals surface area (Å²) in [7, 11) is 0. The SMILES string of the molecule is C=C1CCC(=O)N1OC(=O)[C@H](OC(=O)OC(C)(C)C)c1ccccc1. The van der Waals surface area contributed by atoms with E-state index in [1.54, 1.807) is 51.1 Å². The summed E-state index contributed by atoms with van der Waals surface area (Å²) in [6.07, 6.45) is -1.74. The van der Waals surface area contributed by atoms with Crippen LogP contribution in [0.1, 0.15) is 45.3 Å². The zero-order valence-corrected chi connectivity index (χ0v) is 14.5. The number of benzene rings is 1. The van der Waals surface area contributed by atoms with Crippen molar-refractivity contribution in [3.8, 4) is 0 Å². The Morgan fingerprint density at radius 2 is 1.80 bits per heavy atom. The number of hydrogen-bond donors (Lipinski definition) is 0. The van der Waals surface area contributed by atoms with Crippen molar-refractivity contribution in [3.63, 3.8) is 0 Å². The van der Waals surface area contributed by atoms with Crippen LogP contribution in [0.2, 0.25) is 0 Å². The topological polar surface area (TPSA) is 82.1 Å². The minimum absolute atomic E-state index is 0.217. The van der Waals surface area contributed by atoms with Gasteiger partial charge in [0.25, 0.3) is 5.91 Å². The van der Waals surface area contributed by atoms with E-state index < -0.39 is 23.8 Å². The predicted molar refractivity (Wildman–Crippen MR) is 87.8 cm³/mol. The number of hydroxylamine groups is 2. The van der Waals surface area contributed by atoms with Crippen molar-refractivity contribution in [2.24, 2.45) is 0 Å². The van der Waals surface area contributed by atoms with E-state index >= 15 is 0 Å². The van der Waals surface area contributed by atoms with E-state index in [1.165, 1.54) is 0 Å². The third kappa shape index (κ3) is 5.07. The second-order valence-corrected chi connectivity index (χ2v) is 6.54. The van der Waals surface area contributed by atoms with Crippen LogP contribution in [0, 0.1) is 0 Å². The Labute approximate surface area is 146 Å². The summed E-state index contributed by atoms with van der Waals surface area (Å²) in [5, 5.41) is 0.844. The van der Waals surface area contributed by atoms with Crippen LogP contribution in [0.3, 0.4) is 0 Å². The number of carbonyl (C=O) groups is 3. The molecular formula is C18H21NO6. The van der Waals surface area contributed by atoms with Gasteiger partial charge in [-0.05, 0) is 27.2 Å². The molecule has 134 valence electrons. The molecule has 1 aromatic carbocycles. The minimum Gasteiger partial charge on any atom is -0.429 e. The maximum atomic E-state index is 12.5. The van der Waals surface area contributed by atoms with Gasteiger partial charge < -0.3 is 14.3 Å². The first-order chi connectivity index (χ1) is 11.7. The van der Waals surface area contributed by atoms with E-state index in [-0.39, 0.29) is 12.3 Å². The molecule has 1 heterocycles. The highest BCUT2D eigenvalue weighted by molar-refractivity contribution is 5.84. The lowest BCUT2D eigenvalue weighted by Crippen LogP contribution is -2.33. The molecule has 7 nitrogen and oxygen atoms in total. The van der Waals surface area contributed by atoms with Crippen LogP contribution in [-0.2, 0) is 23.9 Å². The zero-order chi connectivity index (χ0) is 18.6. The van der Waals surface area contributed by atoms with Crippen LogP contribution in [0.15, 0.2) is 42.6 Å². The van der Waals surface area contributed by atoms with Crippen LogP contribution in [0.25, 0.3) is 0 Å². The predicted octanol–water partition coefficient (Wildman–Crippen LogP) is 3.27. The molecule has 0 aliphatic carbocycles. The molecule has 1 aliphatic rings. The molecule has 1 fully saturated rings. The van der Waals surface area contributed by atoms with Gasteiger partial charge in [0.05, 0.1) is 5.70 Å². The second kappa shape index (κ2) is 7.38. The smallest absolute Gasteiger partial charge is 0.429 e. The number of allylic oxidation sites excluding steroid dienone is 1. The lowest BCUT2D eigenvalue weighted by molar-refractivity contribution is -0.195. The molecule has 0 unspecified atom stereocenters. The molecule has 1 amide bonds. The molecule has 1 aromatic rings. The summed E-state index contributed by atoms with van der Waals surface area (Å²) in [6, 6.07) is 8.35. The van der Waals surface area contributed by atoms with Gasteiger partial charge in [0.2, 0.25) is 6.10 Å². The highest BCUT2D eigenvalue weighted by Gasteiger charge is 2.35. The monoisotopic (exact) mass is 347 g/mol. The molecule has 2 rings (SSSR count). The van der Waals surface area contributed by atoms with Crippen molar-refractivity contribution in [3.05, 3.63) is 48.2 Å². The number of ether oxygens (including phenoxy) is 2. The van der Waals surface area contributed by atoms with Crippen molar-refractivity contribution in [2.75, 3.05) is 0 Å². The summed E-state index contributed by atoms with van der Waals surface area (Å²) >= 11 is 0. The van der Waals surface area contributed by atoms with Gasteiger partial charge in [-0.3, -0.25) is 4.79 Å². The Balaban J connectivity index is 2.17. The van der Waals surface area contributed by atoms with Gasteiger partial charge in [-0.15, -0.1) is 5.06 Å². The summed E-state index contributed by atoms with van der Waals surface area (Å²) in [4.78, 5) is 41.3. The Bertz CT molecular complexity index is 661. The summed E-state index contributed by atoms with van der Waals surface area (Å²) in [6.45, 7) is 8.71. The van der Waals surface area contributed by atoms with Crippen molar-refractivity contribution in [2.45, 2.75) is 45.3 Å². The van der Waals surface area contributed by atoms with E-state index in [9.17, 15) is 14.4 Å². The summed E-state index contributed by atoms with van der Waals surface area (Å²) in [5.41, 5.74) is -0.000389. The van der Waals surface area contributed by atoms with Gasteiger partial charge in [-0.25, -0.2) is 9.59 Å². The van der Waals surface area contributed by atoms with Crippen molar-refractivity contribution in [1.29, 1.82) is 0 Å². The Morgan fingerprint density at radius 1 is 1.16 bits per heavy atom. The van der Waals surface area contributed by atoms with Crippen LogP contribution in [0.5, 0.6) is 0 Å². The third-order valence-electron chi connectivity index (χ3n) is 3.24. The normalized spacial score (nSPS) is 15.7. The van der Waals surface area contributed by atoms with E-state index in [0.29, 0.717) is 17.7 Å². The number of rotatable bonds is 4. The lowest BCUT2D eigenvalue weighted by atomic mass is 10.1. The fourth-order valence-corrected chi connectivity index (χ4v) is 2.13. The van der Waals surface area contributed by atoms with E-state index in [0.717, 1.165) is 5.06 Å².